The number of carbonyl (C=O) groups is 3. The van der Waals surface area contributed by atoms with E-state index in [9.17, 15) is 14.4 Å². The van der Waals surface area contributed by atoms with Crippen LogP contribution in [-0.4, -0.2) is 35.2 Å². The largest absolute Gasteiger partial charge is 0.326 e. The molecule has 0 aromatic heterocycles. The number of benzene rings is 2. The fraction of sp³-hybridized carbons (Fsp3) is 0.190. The van der Waals surface area contributed by atoms with Crippen molar-refractivity contribution in [2.24, 2.45) is 0 Å². The highest BCUT2D eigenvalue weighted by Gasteiger charge is 2.43. The average molecular weight is 417 g/mol. The van der Waals surface area contributed by atoms with Gasteiger partial charge < -0.3 is 4.90 Å². The van der Waals surface area contributed by atoms with Crippen LogP contribution >= 0.6 is 23.2 Å². The smallest absolute Gasteiger partial charge is 0.257 e. The molecule has 3 amide bonds. The zero-order chi connectivity index (χ0) is 20.3. The van der Waals surface area contributed by atoms with Gasteiger partial charge in [-0.2, -0.15) is 0 Å². The lowest BCUT2D eigenvalue weighted by molar-refractivity contribution is -0.137. The quantitative estimate of drug-likeness (QED) is 0.530. The van der Waals surface area contributed by atoms with Crippen LogP contribution < -0.4 is 4.90 Å². The van der Waals surface area contributed by atoms with Crippen LogP contribution in [0.3, 0.4) is 0 Å². The molecule has 1 saturated heterocycles. The third-order valence-electron chi connectivity index (χ3n) is 4.50. The molecule has 2 aromatic rings. The van der Waals surface area contributed by atoms with Gasteiger partial charge in [-0.25, -0.2) is 4.90 Å². The summed E-state index contributed by atoms with van der Waals surface area (Å²) in [6.45, 7) is 3.84. The van der Waals surface area contributed by atoms with E-state index in [4.69, 9.17) is 23.2 Å². The molecule has 1 aliphatic rings. The van der Waals surface area contributed by atoms with E-state index in [2.05, 4.69) is 6.58 Å². The molecular formula is C21H18Cl2N2O3. The van der Waals surface area contributed by atoms with E-state index in [1.54, 1.807) is 54.6 Å². The van der Waals surface area contributed by atoms with Crippen molar-refractivity contribution in [3.8, 4) is 0 Å². The van der Waals surface area contributed by atoms with E-state index in [1.807, 2.05) is 0 Å². The van der Waals surface area contributed by atoms with Crippen LogP contribution in [0.25, 0.3) is 0 Å². The van der Waals surface area contributed by atoms with Crippen molar-refractivity contribution in [2.75, 3.05) is 11.4 Å². The predicted octanol–water partition coefficient (Wildman–Crippen LogP) is 3.88. The SMILES string of the molecule is C=CCN(C(=O)Cc1ccc(Cl)cc1)C1CC(=O)N(c2ccc(Cl)cc2)C1=O. The Morgan fingerprint density at radius 1 is 1.07 bits per heavy atom. The van der Waals surface area contributed by atoms with Gasteiger partial charge in [0, 0.05) is 16.6 Å². The Morgan fingerprint density at radius 2 is 1.64 bits per heavy atom. The van der Waals surface area contributed by atoms with E-state index in [1.165, 1.54) is 4.90 Å². The van der Waals surface area contributed by atoms with Crippen molar-refractivity contribution < 1.29 is 14.4 Å². The maximum atomic E-state index is 12.9. The van der Waals surface area contributed by atoms with Gasteiger partial charge in [0.1, 0.15) is 6.04 Å². The van der Waals surface area contributed by atoms with Crippen molar-refractivity contribution in [1.82, 2.24) is 4.90 Å². The molecule has 0 bridgehead atoms. The van der Waals surface area contributed by atoms with Crippen LogP contribution in [0.2, 0.25) is 10.0 Å². The standard InChI is InChI=1S/C21H18Cl2N2O3/c1-2-11-24(19(26)12-14-3-5-15(22)6-4-14)18-13-20(27)25(21(18)28)17-9-7-16(23)8-10-17/h2-10,18H,1,11-13H2. The van der Waals surface area contributed by atoms with Crippen molar-refractivity contribution >= 4 is 46.6 Å². The first-order valence-corrected chi connectivity index (χ1v) is 9.43. The minimum absolute atomic E-state index is 0.0678. The summed E-state index contributed by atoms with van der Waals surface area (Å²) >= 11 is 11.8. The first-order chi connectivity index (χ1) is 13.4. The summed E-state index contributed by atoms with van der Waals surface area (Å²) < 4.78 is 0. The Kier molecular flexibility index (Phi) is 6.17. The maximum Gasteiger partial charge on any atom is 0.257 e. The Morgan fingerprint density at radius 3 is 2.21 bits per heavy atom. The summed E-state index contributed by atoms with van der Waals surface area (Å²) in [7, 11) is 0. The Balaban J connectivity index is 1.81. The lowest BCUT2D eigenvalue weighted by Gasteiger charge is -2.26. The number of anilines is 1. The summed E-state index contributed by atoms with van der Waals surface area (Å²) in [5.41, 5.74) is 1.21. The predicted molar refractivity (Wildman–Crippen MR) is 109 cm³/mol. The third-order valence-corrected chi connectivity index (χ3v) is 5.00. The Hall–Kier alpha value is -2.63. The van der Waals surface area contributed by atoms with Crippen LogP contribution in [0.15, 0.2) is 61.2 Å². The molecule has 7 heteroatoms. The van der Waals surface area contributed by atoms with Gasteiger partial charge in [-0.05, 0) is 42.0 Å². The number of hydrogen-bond acceptors (Lipinski definition) is 3. The number of nitrogens with zero attached hydrogens (tertiary/aromatic N) is 2. The molecular weight excluding hydrogens is 399 g/mol. The number of imide groups is 1. The van der Waals surface area contributed by atoms with Gasteiger partial charge in [-0.1, -0.05) is 41.4 Å². The number of hydrogen-bond donors (Lipinski definition) is 0. The molecule has 5 nitrogen and oxygen atoms in total. The van der Waals surface area contributed by atoms with Gasteiger partial charge >= 0.3 is 0 Å². The minimum Gasteiger partial charge on any atom is -0.326 e. The molecule has 0 saturated carbocycles. The van der Waals surface area contributed by atoms with Gasteiger partial charge in [-0.3, -0.25) is 14.4 Å². The van der Waals surface area contributed by atoms with Crippen LogP contribution in [0, 0.1) is 0 Å². The lowest BCUT2D eigenvalue weighted by atomic mass is 10.1. The zero-order valence-electron chi connectivity index (χ0n) is 15.0. The van der Waals surface area contributed by atoms with Crippen molar-refractivity contribution in [3.05, 3.63) is 76.8 Å². The van der Waals surface area contributed by atoms with Gasteiger partial charge in [-0.15, -0.1) is 6.58 Å². The molecule has 2 aromatic carbocycles. The zero-order valence-corrected chi connectivity index (χ0v) is 16.5. The van der Waals surface area contributed by atoms with E-state index >= 15 is 0 Å². The van der Waals surface area contributed by atoms with E-state index < -0.39 is 11.9 Å². The van der Waals surface area contributed by atoms with Gasteiger partial charge in [0.15, 0.2) is 0 Å². The van der Waals surface area contributed by atoms with Gasteiger partial charge in [0.2, 0.25) is 11.8 Å². The van der Waals surface area contributed by atoms with Crippen LogP contribution in [-0.2, 0) is 20.8 Å². The van der Waals surface area contributed by atoms with Crippen LogP contribution in [0.5, 0.6) is 0 Å². The fourth-order valence-corrected chi connectivity index (χ4v) is 3.39. The first-order valence-electron chi connectivity index (χ1n) is 8.68. The van der Waals surface area contributed by atoms with Gasteiger partial charge in [0.05, 0.1) is 18.5 Å². The summed E-state index contributed by atoms with van der Waals surface area (Å²) in [4.78, 5) is 40.8. The van der Waals surface area contributed by atoms with Crippen molar-refractivity contribution in [3.63, 3.8) is 0 Å². The van der Waals surface area contributed by atoms with E-state index in [0.29, 0.717) is 15.7 Å². The molecule has 0 N–H and O–H groups in total. The average Bonchev–Trinajstić information content (AvgIpc) is 2.96. The highest BCUT2D eigenvalue weighted by atomic mass is 35.5. The number of rotatable bonds is 6. The van der Waals surface area contributed by atoms with Crippen molar-refractivity contribution in [1.29, 1.82) is 0 Å². The topological polar surface area (TPSA) is 57.7 Å². The maximum absolute atomic E-state index is 12.9. The second-order valence-electron chi connectivity index (χ2n) is 6.40. The molecule has 0 spiro atoms. The van der Waals surface area contributed by atoms with Crippen molar-refractivity contribution in [2.45, 2.75) is 18.9 Å². The molecule has 0 aliphatic carbocycles. The van der Waals surface area contributed by atoms with Gasteiger partial charge in [0.25, 0.3) is 5.91 Å². The normalized spacial score (nSPS) is 16.4. The highest BCUT2D eigenvalue weighted by molar-refractivity contribution is 6.31. The van der Waals surface area contributed by atoms with Crippen LogP contribution in [0.4, 0.5) is 5.69 Å². The number of carbonyl (C=O) groups excluding carboxylic acids is 3. The summed E-state index contributed by atoms with van der Waals surface area (Å²) in [5.74, 6) is -1.05. The molecule has 1 atom stereocenters. The first kappa shape index (κ1) is 20.1. The molecule has 144 valence electrons. The second kappa shape index (κ2) is 8.59. The number of halogens is 2. The van der Waals surface area contributed by atoms with Crippen LogP contribution in [0.1, 0.15) is 12.0 Å². The summed E-state index contributed by atoms with van der Waals surface area (Å²) in [5, 5.41) is 1.08. The molecule has 1 fully saturated rings. The fourth-order valence-electron chi connectivity index (χ4n) is 3.14. The highest BCUT2D eigenvalue weighted by Crippen LogP contribution is 2.27. The molecule has 1 heterocycles. The Bertz CT molecular complexity index is 910. The summed E-state index contributed by atoms with van der Waals surface area (Å²) in [6, 6.07) is 12.5. The second-order valence-corrected chi connectivity index (χ2v) is 7.27. The minimum atomic E-state index is -0.860. The third kappa shape index (κ3) is 4.26. The monoisotopic (exact) mass is 416 g/mol. The summed E-state index contributed by atoms with van der Waals surface area (Å²) in [6.07, 6.45) is 1.58. The number of amides is 3. The molecule has 3 rings (SSSR count). The van der Waals surface area contributed by atoms with E-state index in [0.717, 1.165) is 10.5 Å². The molecule has 1 aliphatic heterocycles. The Labute approximate surface area is 173 Å². The molecule has 28 heavy (non-hydrogen) atoms. The van der Waals surface area contributed by atoms with E-state index in [-0.39, 0.29) is 31.2 Å². The lowest BCUT2D eigenvalue weighted by Crippen LogP contribution is -2.46. The molecule has 1 unspecified atom stereocenters. The molecule has 0 radical (unpaired) electrons.